The number of aromatic hydroxyl groups is 2. The van der Waals surface area contributed by atoms with Crippen LogP contribution in [0.3, 0.4) is 0 Å². The molecule has 0 saturated carbocycles. The topological polar surface area (TPSA) is 134 Å². The van der Waals surface area contributed by atoms with E-state index >= 15 is 0 Å². The molecular weight excluding hydrogens is 397 g/mol. The van der Waals surface area contributed by atoms with Crippen LogP contribution in [0.5, 0.6) is 11.5 Å². The molecule has 2 rings (SSSR count). The Morgan fingerprint density at radius 2 is 1.48 bits per heavy atom. The van der Waals surface area contributed by atoms with Crippen LogP contribution < -0.4 is 16.6 Å². The molecule has 0 aliphatic carbocycles. The monoisotopic (exact) mass is 415 g/mol. The third-order valence-corrected chi connectivity index (χ3v) is 3.50. The molecule has 0 fully saturated rings. The van der Waals surface area contributed by atoms with Crippen LogP contribution in [-0.4, -0.2) is 28.9 Å². The van der Waals surface area contributed by atoms with Gasteiger partial charge in [-0.2, -0.15) is 0 Å². The van der Waals surface area contributed by atoms with Crippen molar-refractivity contribution >= 4 is 35.3 Å². The quantitative estimate of drug-likeness (QED) is 0.490. The molecule has 27 heavy (non-hydrogen) atoms. The molecule has 6 N–H and O–H groups in total. The summed E-state index contributed by atoms with van der Waals surface area (Å²) in [5.74, 6) is 0.294. The summed E-state index contributed by atoms with van der Waals surface area (Å²) < 4.78 is 4.37. The van der Waals surface area contributed by atoms with Gasteiger partial charge in [0.25, 0.3) is 0 Å². The minimum absolute atomic E-state index is 0.147. The Labute approximate surface area is 165 Å². The summed E-state index contributed by atoms with van der Waals surface area (Å²) in [6.45, 7) is 1.89. The number of hydrogen-bond donors (Lipinski definition) is 5. The second kappa shape index (κ2) is 11.0. The van der Waals surface area contributed by atoms with Crippen LogP contribution in [0.2, 0.25) is 10.0 Å². The Bertz CT molecular complexity index is 753. The summed E-state index contributed by atoms with van der Waals surface area (Å²) in [5, 5.41) is 20.4. The van der Waals surface area contributed by atoms with Crippen molar-refractivity contribution in [1.82, 2.24) is 10.9 Å². The van der Waals surface area contributed by atoms with Crippen molar-refractivity contribution in [2.24, 2.45) is 5.73 Å². The van der Waals surface area contributed by atoms with Crippen molar-refractivity contribution in [2.45, 2.75) is 13.3 Å². The number of hydrazine groups is 1. The number of phenolic OH excluding ortho intramolecular Hbond substituents is 2. The van der Waals surface area contributed by atoms with Gasteiger partial charge >= 0.3 is 12.1 Å². The van der Waals surface area contributed by atoms with Gasteiger partial charge in [-0.1, -0.05) is 23.2 Å². The average Bonchev–Trinajstić information content (AvgIpc) is 2.60. The molecule has 146 valence electrons. The van der Waals surface area contributed by atoms with E-state index in [0.717, 1.165) is 0 Å². The van der Waals surface area contributed by atoms with Gasteiger partial charge in [0.1, 0.15) is 11.5 Å². The molecule has 0 aliphatic heterocycles. The first-order valence-corrected chi connectivity index (χ1v) is 8.41. The molecule has 0 spiro atoms. The smallest absolute Gasteiger partial charge is 0.426 e. The molecule has 0 aromatic heterocycles. The molecule has 0 bridgehead atoms. The van der Waals surface area contributed by atoms with Crippen molar-refractivity contribution < 1.29 is 24.5 Å². The first-order valence-electron chi connectivity index (χ1n) is 7.66. The molecule has 0 unspecified atom stereocenters. The van der Waals surface area contributed by atoms with Crippen LogP contribution in [0.4, 0.5) is 9.59 Å². The van der Waals surface area contributed by atoms with E-state index < -0.39 is 12.1 Å². The number of primary amides is 1. The van der Waals surface area contributed by atoms with E-state index in [4.69, 9.17) is 23.2 Å². The maximum Gasteiger partial charge on any atom is 0.426 e. The molecule has 10 heteroatoms. The Morgan fingerprint density at radius 1 is 1.00 bits per heavy atom. The fourth-order valence-corrected chi connectivity index (χ4v) is 2.27. The molecule has 0 heterocycles. The number of nitrogens with one attached hydrogen (secondary N) is 2. The molecule has 2 aromatic carbocycles. The highest BCUT2D eigenvalue weighted by Crippen LogP contribution is 2.29. The minimum atomic E-state index is -0.840. The lowest BCUT2D eigenvalue weighted by Gasteiger charge is -2.07. The van der Waals surface area contributed by atoms with Crippen LogP contribution in [0.25, 0.3) is 0 Å². The van der Waals surface area contributed by atoms with E-state index in [2.05, 4.69) is 10.5 Å². The Hall–Kier alpha value is -2.84. The lowest BCUT2D eigenvalue weighted by molar-refractivity contribution is 0.147. The summed E-state index contributed by atoms with van der Waals surface area (Å²) in [4.78, 5) is 20.3. The normalized spacial score (nSPS) is 9.59. The van der Waals surface area contributed by atoms with Gasteiger partial charge in [-0.05, 0) is 54.4 Å². The summed E-state index contributed by atoms with van der Waals surface area (Å²) in [5.41, 5.74) is 9.65. The number of benzene rings is 2. The van der Waals surface area contributed by atoms with E-state index in [1.165, 1.54) is 12.1 Å². The summed E-state index contributed by atoms with van der Waals surface area (Å²) >= 11 is 11.7. The van der Waals surface area contributed by atoms with E-state index in [1.807, 2.05) is 10.9 Å². The fourth-order valence-electron chi connectivity index (χ4n) is 1.88. The van der Waals surface area contributed by atoms with Gasteiger partial charge in [-0.15, -0.1) is 0 Å². The number of ether oxygens (including phenoxy) is 1. The van der Waals surface area contributed by atoms with Gasteiger partial charge in [0.2, 0.25) is 0 Å². The zero-order valence-corrected chi connectivity index (χ0v) is 15.8. The number of nitrogens with two attached hydrogens (primary N) is 1. The van der Waals surface area contributed by atoms with Crippen LogP contribution in [-0.2, 0) is 11.2 Å². The van der Waals surface area contributed by atoms with Gasteiger partial charge in [-0.3, -0.25) is 0 Å². The summed E-state index contributed by atoms with van der Waals surface area (Å²) in [7, 11) is 0. The van der Waals surface area contributed by atoms with Gasteiger partial charge in [-0.25, -0.2) is 20.4 Å². The Morgan fingerprint density at radius 3 is 1.89 bits per heavy atom. The summed E-state index contributed by atoms with van der Waals surface area (Å²) in [6.07, 6.45) is -0.361. The first kappa shape index (κ1) is 22.2. The van der Waals surface area contributed by atoms with E-state index in [0.29, 0.717) is 27.6 Å². The molecule has 3 amide bonds. The molecule has 8 nitrogen and oxygen atoms in total. The number of halogens is 2. The predicted octanol–water partition coefficient (Wildman–Crippen LogP) is 3.31. The van der Waals surface area contributed by atoms with Crippen molar-refractivity contribution in [1.29, 1.82) is 0 Å². The standard InChI is InChI=1S/C13H10Cl2O2.C4H9N3O3/c14-10-1-3-12(16)8(6-10)5-9-7-11(15)2-4-13(9)17;1-2-10-4(9)7-6-3(5)8/h1-4,6-7,16-17H,5H2;2H2,1H3,(H,7,9)(H3,5,6,8). The van der Waals surface area contributed by atoms with E-state index in [9.17, 15) is 19.8 Å². The highest BCUT2D eigenvalue weighted by molar-refractivity contribution is 6.31. The van der Waals surface area contributed by atoms with Gasteiger partial charge in [0.15, 0.2) is 0 Å². The second-order valence-electron chi connectivity index (χ2n) is 5.06. The lowest BCUT2D eigenvalue weighted by Crippen LogP contribution is -2.44. The number of phenols is 2. The fraction of sp³-hybridized carbons (Fsp3) is 0.176. The molecule has 0 radical (unpaired) electrons. The molecule has 2 aromatic rings. The number of amides is 3. The molecule has 0 saturated heterocycles. The Balaban J connectivity index is 0.000000314. The number of hydrogen-bond acceptors (Lipinski definition) is 5. The maximum absolute atomic E-state index is 10.3. The average molecular weight is 416 g/mol. The lowest BCUT2D eigenvalue weighted by atomic mass is 10.0. The zero-order valence-electron chi connectivity index (χ0n) is 14.3. The highest BCUT2D eigenvalue weighted by Gasteiger charge is 2.07. The number of rotatable bonds is 3. The van der Waals surface area contributed by atoms with E-state index in [1.54, 1.807) is 31.2 Å². The third-order valence-electron chi connectivity index (χ3n) is 3.03. The van der Waals surface area contributed by atoms with Crippen LogP contribution in [0.15, 0.2) is 36.4 Å². The molecule has 0 aliphatic rings. The van der Waals surface area contributed by atoms with Gasteiger partial charge in [0, 0.05) is 16.5 Å². The number of carbonyl (C=O) groups is 2. The van der Waals surface area contributed by atoms with Crippen LogP contribution >= 0.6 is 23.2 Å². The SMILES string of the molecule is CCOC(=O)NNC(N)=O.Oc1ccc(Cl)cc1Cc1cc(Cl)ccc1O. The van der Waals surface area contributed by atoms with Crippen molar-refractivity contribution in [3.05, 3.63) is 57.6 Å². The van der Waals surface area contributed by atoms with Crippen molar-refractivity contribution in [3.63, 3.8) is 0 Å². The molecule has 0 atom stereocenters. The summed E-state index contributed by atoms with van der Waals surface area (Å²) in [6, 6.07) is 8.76. The largest absolute Gasteiger partial charge is 0.508 e. The highest BCUT2D eigenvalue weighted by atomic mass is 35.5. The minimum Gasteiger partial charge on any atom is -0.508 e. The number of carbonyl (C=O) groups excluding carboxylic acids is 2. The molecular formula is C17H19Cl2N3O5. The third kappa shape index (κ3) is 8.39. The van der Waals surface area contributed by atoms with Gasteiger partial charge < -0.3 is 20.7 Å². The number of urea groups is 1. The van der Waals surface area contributed by atoms with Crippen molar-refractivity contribution in [2.75, 3.05) is 6.61 Å². The van der Waals surface area contributed by atoms with Gasteiger partial charge in [0.05, 0.1) is 6.61 Å². The van der Waals surface area contributed by atoms with Crippen LogP contribution in [0, 0.1) is 0 Å². The second-order valence-corrected chi connectivity index (χ2v) is 5.93. The first-order chi connectivity index (χ1) is 12.7. The predicted molar refractivity (Wildman–Crippen MR) is 102 cm³/mol. The Kier molecular flexibility index (Phi) is 9.04. The van der Waals surface area contributed by atoms with E-state index in [-0.39, 0.29) is 18.1 Å². The maximum atomic E-state index is 10.3. The zero-order chi connectivity index (χ0) is 20.4. The van der Waals surface area contributed by atoms with Crippen molar-refractivity contribution in [3.8, 4) is 11.5 Å². The van der Waals surface area contributed by atoms with Crippen LogP contribution in [0.1, 0.15) is 18.1 Å².